The number of halogens is 1. The van der Waals surface area contributed by atoms with Gasteiger partial charge in [-0.1, -0.05) is 24.3 Å². The summed E-state index contributed by atoms with van der Waals surface area (Å²) in [6.45, 7) is 0.0167. The van der Waals surface area contributed by atoms with E-state index in [1.165, 1.54) is 30.3 Å². The normalized spacial score (nSPS) is 11.2. The molecule has 0 aliphatic carbocycles. The Hall–Kier alpha value is -2.21. The van der Waals surface area contributed by atoms with Gasteiger partial charge in [0.1, 0.15) is 5.82 Å². The minimum Gasteiger partial charge on any atom is -0.462 e. The highest BCUT2D eigenvalue weighted by Gasteiger charge is 2.12. The molecule has 0 saturated carbocycles. The average Bonchev–Trinajstić information content (AvgIpc) is 2.48. The maximum Gasteiger partial charge on any atom is 0.338 e. The fourth-order valence-electron chi connectivity index (χ4n) is 1.89. The van der Waals surface area contributed by atoms with Gasteiger partial charge in [0.15, 0.2) is 9.84 Å². The van der Waals surface area contributed by atoms with Crippen LogP contribution in [0.3, 0.4) is 0 Å². The quantitative estimate of drug-likeness (QED) is 0.794. The van der Waals surface area contributed by atoms with Crippen molar-refractivity contribution in [3.63, 3.8) is 0 Å². The first-order valence-corrected chi connectivity index (χ1v) is 8.48. The van der Waals surface area contributed by atoms with E-state index in [1.807, 2.05) is 0 Å². The Balaban J connectivity index is 2.00. The van der Waals surface area contributed by atoms with E-state index in [9.17, 15) is 17.6 Å². The summed E-state index contributed by atoms with van der Waals surface area (Å²) in [5, 5.41) is 0. The van der Waals surface area contributed by atoms with Crippen LogP contribution >= 0.6 is 0 Å². The number of hydrogen-bond donors (Lipinski definition) is 0. The lowest BCUT2D eigenvalue weighted by molar-refractivity contribution is 0.0508. The number of carbonyl (C=O) groups excluding carboxylic acids is 1. The number of ether oxygens (including phenoxy) is 1. The van der Waals surface area contributed by atoms with E-state index in [2.05, 4.69) is 0 Å². The van der Waals surface area contributed by atoms with Crippen molar-refractivity contribution in [1.29, 1.82) is 0 Å². The Morgan fingerprint density at radius 1 is 1.14 bits per heavy atom. The first-order valence-electron chi connectivity index (χ1n) is 6.58. The Morgan fingerprint density at radius 3 is 2.55 bits per heavy atom. The van der Waals surface area contributed by atoms with Crippen LogP contribution in [0.5, 0.6) is 0 Å². The van der Waals surface area contributed by atoms with Crippen molar-refractivity contribution in [2.75, 3.05) is 12.9 Å². The van der Waals surface area contributed by atoms with Gasteiger partial charge in [0.05, 0.1) is 17.1 Å². The molecule has 0 fully saturated rings. The third kappa shape index (κ3) is 4.14. The van der Waals surface area contributed by atoms with Crippen LogP contribution in [0.25, 0.3) is 0 Å². The van der Waals surface area contributed by atoms with E-state index in [4.69, 9.17) is 4.74 Å². The van der Waals surface area contributed by atoms with Gasteiger partial charge in [-0.3, -0.25) is 0 Å². The summed E-state index contributed by atoms with van der Waals surface area (Å²) in [4.78, 5) is 11.9. The van der Waals surface area contributed by atoms with Gasteiger partial charge < -0.3 is 4.74 Å². The first-order chi connectivity index (χ1) is 10.4. The lowest BCUT2D eigenvalue weighted by Crippen LogP contribution is -2.09. The predicted octanol–water partition coefficient (Wildman–Crippen LogP) is 2.63. The molecule has 0 radical (unpaired) electrons. The average molecular weight is 322 g/mol. The first kappa shape index (κ1) is 16.2. The van der Waals surface area contributed by atoms with Crippen molar-refractivity contribution in [2.24, 2.45) is 0 Å². The SMILES string of the molecule is CS(=O)(=O)c1cccc(C(=O)OCCc2ccccc2F)c1. The van der Waals surface area contributed by atoms with Gasteiger partial charge >= 0.3 is 5.97 Å². The molecule has 2 rings (SSSR count). The van der Waals surface area contributed by atoms with E-state index in [-0.39, 0.29) is 29.3 Å². The Bertz CT molecular complexity index is 784. The van der Waals surface area contributed by atoms with Crippen LogP contribution < -0.4 is 0 Å². The molecule has 0 unspecified atom stereocenters. The molecule has 0 saturated heterocycles. The molecule has 4 nitrogen and oxygen atoms in total. The summed E-state index contributed by atoms with van der Waals surface area (Å²) in [7, 11) is -3.39. The summed E-state index contributed by atoms with van der Waals surface area (Å²) in [6, 6.07) is 11.9. The largest absolute Gasteiger partial charge is 0.462 e. The van der Waals surface area contributed by atoms with Crippen LogP contribution in [0.15, 0.2) is 53.4 Å². The zero-order valence-corrected chi connectivity index (χ0v) is 12.8. The number of carbonyl (C=O) groups is 1. The molecule has 2 aromatic rings. The Labute approximate surface area is 128 Å². The minimum atomic E-state index is -3.39. The van der Waals surface area contributed by atoms with Crippen LogP contribution in [0, 0.1) is 5.82 Å². The van der Waals surface area contributed by atoms with E-state index in [0.717, 1.165) is 6.26 Å². The zero-order valence-electron chi connectivity index (χ0n) is 12.0. The standard InChI is InChI=1S/C16H15FO4S/c1-22(19,20)14-7-4-6-13(11-14)16(18)21-10-9-12-5-2-3-8-15(12)17/h2-8,11H,9-10H2,1H3. The van der Waals surface area contributed by atoms with Crippen LogP contribution in [0.1, 0.15) is 15.9 Å². The third-order valence-electron chi connectivity index (χ3n) is 3.06. The summed E-state index contributed by atoms with van der Waals surface area (Å²) in [6.07, 6.45) is 1.32. The molecule has 0 spiro atoms. The molecule has 2 aromatic carbocycles. The maximum atomic E-state index is 13.4. The third-order valence-corrected chi connectivity index (χ3v) is 4.17. The molecule has 0 atom stereocenters. The minimum absolute atomic E-state index is 0.0167. The van der Waals surface area contributed by atoms with Gasteiger partial charge in [0.25, 0.3) is 0 Å². The summed E-state index contributed by atoms with van der Waals surface area (Å²) < 4.78 is 41.4. The van der Waals surface area contributed by atoms with Crippen molar-refractivity contribution in [1.82, 2.24) is 0 Å². The van der Waals surface area contributed by atoms with Gasteiger partial charge in [-0.15, -0.1) is 0 Å². The maximum absolute atomic E-state index is 13.4. The van der Waals surface area contributed by atoms with Crippen molar-refractivity contribution < 1.29 is 22.3 Å². The van der Waals surface area contributed by atoms with Gasteiger partial charge in [-0.25, -0.2) is 17.6 Å². The van der Waals surface area contributed by atoms with Gasteiger partial charge in [0, 0.05) is 12.7 Å². The fourth-order valence-corrected chi connectivity index (χ4v) is 2.56. The van der Waals surface area contributed by atoms with Gasteiger partial charge in [0.2, 0.25) is 0 Å². The summed E-state index contributed by atoms with van der Waals surface area (Å²) >= 11 is 0. The Morgan fingerprint density at radius 2 is 1.86 bits per heavy atom. The highest BCUT2D eigenvalue weighted by molar-refractivity contribution is 7.90. The smallest absolute Gasteiger partial charge is 0.338 e. The molecule has 0 aliphatic rings. The summed E-state index contributed by atoms with van der Waals surface area (Å²) in [5.74, 6) is -0.987. The molecule has 22 heavy (non-hydrogen) atoms. The molecule has 116 valence electrons. The topological polar surface area (TPSA) is 60.4 Å². The van der Waals surface area contributed by atoms with Crippen LogP contribution in [-0.2, 0) is 21.0 Å². The molecule has 0 N–H and O–H groups in total. The molecule has 0 aliphatic heterocycles. The monoisotopic (exact) mass is 322 g/mol. The van der Waals surface area contributed by atoms with Crippen molar-refractivity contribution in [2.45, 2.75) is 11.3 Å². The van der Waals surface area contributed by atoms with E-state index < -0.39 is 15.8 Å². The van der Waals surface area contributed by atoms with Crippen molar-refractivity contribution in [3.8, 4) is 0 Å². The lowest BCUT2D eigenvalue weighted by atomic mass is 10.1. The molecule has 0 heterocycles. The fraction of sp³-hybridized carbons (Fsp3) is 0.188. The molecular weight excluding hydrogens is 307 g/mol. The summed E-state index contributed by atoms with van der Waals surface area (Å²) in [5.41, 5.74) is 0.608. The van der Waals surface area contributed by atoms with E-state index in [0.29, 0.717) is 5.56 Å². The van der Waals surface area contributed by atoms with Crippen LogP contribution in [0.4, 0.5) is 4.39 Å². The second-order valence-corrected chi connectivity index (χ2v) is 6.79. The lowest BCUT2D eigenvalue weighted by Gasteiger charge is -2.07. The molecule has 0 amide bonds. The number of esters is 1. The second-order valence-electron chi connectivity index (χ2n) is 4.78. The Kier molecular flexibility index (Phi) is 4.92. The van der Waals surface area contributed by atoms with Gasteiger partial charge in [-0.05, 0) is 29.8 Å². The van der Waals surface area contributed by atoms with Crippen LogP contribution in [-0.4, -0.2) is 27.2 Å². The second kappa shape index (κ2) is 6.70. The highest BCUT2D eigenvalue weighted by atomic mass is 32.2. The highest BCUT2D eigenvalue weighted by Crippen LogP contribution is 2.13. The molecule has 0 aromatic heterocycles. The molecule has 6 heteroatoms. The van der Waals surface area contributed by atoms with Crippen molar-refractivity contribution in [3.05, 3.63) is 65.5 Å². The van der Waals surface area contributed by atoms with Crippen LogP contribution in [0.2, 0.25) is 0 Å². The number of rotatable bonds is 5. The zero-order chi connectivity index (χ0) is 16.2. The number of benzene rings is 2. The van der Waals surface area contributed by atoms with Gasteiger partial charge in [-0.2, -0.15) is 0 Å². The van der Waals surface area contributed by atoms with E-state index in [1.54, 1.807) is 18.2 Å². The van der Waals surface area contributed by atoms with Crippen molar-refractivity contribution >= 4 is 15.8 Å². The molecular formula is C16H15FO4S. The predicted molar refractivity (Wildman–Crippen MR) is 79.9 cm³/mol. The van der Waals surface area contributed by atoms with E-state index >= 15 is 0 Å². The molecule has 0 bridgehead atoms. The number of hydrogen-bond acceptors (Lipinski definition) is 4. The number of sulfone groups is 1.